The number of aryl methyl sites for hydroxylation is 1. The number of rotatable bonds is 7. The van der Waals surface area contributed by atoms with Gasteiger partial charge in [-0.15, -0.1) is 0 Å². The lowest BCUT2D eigenvalue weighted by molar-refractivity contribution is 0.0576. The molecule has 20 heavy (non-hydrogen) atoms. The molecule has 0 aromatic carbocycles. The van der Waals surface area contributed by atoms with Crippen molar-refractivity contribution in [3.63, 3.8) is 0 Å². The molecule has 0 aliphatic carbocycles. The zero-order valence-electron chi connectivity index (χ0n) is 12.7. The van der Waals surface area contributed by atoms with Gasteiger partial charge in [0.2, 0.25) is 0 Å². The van der Waals surface area contributed by atoms with Crippen molar-refractivity contribution in [3.8, 4) is 0 Å². The smallest absolute Gasteiger partial charge is 0.0811 e. The lowest BCUT2D eigenvalue weighted by Crippen LogP contribution is -2.37. The number of nitrogens with zero attached hydrogens (tertiary/aromatic N) is 2. The van der Waals surface area contributed by atoms with Crippen molar-refractivity contribution >= 4 is 15.9 Å². The number of ether oxygens (including phenoxy) is 1. The van der Waals surface area contributed by atoms with Crippen LogP contribution in [-0.4, -0.2) is 29.0 Å². The quantitative estimate of drug-likeness (QED) is 0.823. The minimum Gasteiger partial charge on any atom is -0.376 e. The van der Waals surface area contributed by atoms with Crippen molar-refractivity contribution in [3.05, 3.63) is 16.4 Å². The van der Waals surface area contributed by atoms with Gasteiger partial charge in [0.05, 0.1) is 28.5 Å². The van der Waals surface area contributed by atoms with Gasteiger partial charge < -0.3 is 10.1 Å². The summed E-state index contributed by atoms with van der Waals surface area (Å²) in [5, 5.41) is 8.17. The van der Waals surface area contributed by atoms with Crippen molar-refractivity contribution in [1.29, 1.82) is 0 Å². The molecule has 1 aliphatic rings. The normalized spacial score (nSPS) is 24.2. The van der Waals surface area contributed by atoms with Gasteiger partial charge in [0.1, 0.15) is 0 Å². The van der Waals surface area contributed by atoms with E-state index in [0.29, 0.717) is 5.92 Å². The van der Waals surface area contributed by atoms with Crippen molar-refractivity contribution in [1.82, 2.24) is 15.1 Å². The van der Waals surface area contributed by atoms with Gasteiger partial charge in [0.25, 0.3) is 0 Å². The molecule has 2 rings (SSSR count). The van der Waals surface area contributed by atoms with E-state index in [-0.39, 0.29) is 12.1 Å². The summed E-state index contributed by atoms with van der Waals surface area (Å²) in [6.07, 6.45) is 5.50. The summed E-state index contributed by atoms with van der Waals surface area (Å²) in [5.74, 6) is 0.584. The molecule has 0 spiro atoms. The van der Waals surface area contributed by atoms with Crippen LogP contribution in [0, 0.1) is 5.92 Å². The van der Waals surface area contributed by atoms with Crippen LogP contribution in [0.15, 0.2) is 10.7 Å². The molecular formula is C15H26BrN3O. The molecular weight excluding hydrogens is 318 g/mol. The van der Waals surface area contributed by atoms with Crippen LogP contribution in [0.1, 0.15) is 51.8 Å². The highest BCUT2D eigenvalue weighted by Crippen LogP contribution is 2.34. The molecule has 3 atom stereocenters. The second-order valence-electron chi connectivity index (χ2n) is 5.63. The molecule has 1 aromatic rings. The van der Waals surface area contributed by atoms with Gasteiger partial charge in [-0.25, -0.2) is 0 Å². The van der Waals surface area contributed by atoms with Gasteiger partial charge in [-0.05, 0) is 47.7 Å². The largest absolute Gasteiger partial charge is 0.376 e. The summed E-state index contributed by atoms with van der Waals surface area (Å²) in [6.45, 7) is 9.49. The van der Waals surface area contributed by atoms with Crippen molar-refractivity contribution < 1.29 is 4.74 Å². The first kappa shape index (κ1) is 16.0. The van der Waals surface area contributed by atoms with Gasteiger partial charge in [0.15, 0.2) is 0 Å². The van der Waals surface area contributed by atoms with E-state index in [0.717, 1.165) is 43.4 Å². The molecule has 1 saturated heterocycles. The molecule has 0 radical (unpaired) electrons. The Labute approximate surface area is 130 Å². The third-order valence-electron chi connectivity index (χ3n) is 3.95. The number of halogens is 1. The predicted molar refractivity (Wildman–Crippen MR) is 84.8 cm³/mol. The van der Waals surface area contributed by atoms with Crippen molar-refractivity contribution in [2.75, 3.05) is 13.2 Å². The summed E-state index contributed by atoms with van der Waals surface area (Å²) in [7, 11) is 0. The SMILES string of the molecule is CCCNC(c1c(Br)cnn1CCC)C1OCCC1C. The number of hydrogen-bond donors (Lipinski definition) is 1. The maximum Gasteiger partial charge on any atom is 0.0811 e. The summed E-state index contributed by atoms with van der Waals surface area (Å²) >= 11 is 3.67. The molecule has 0 amide bonds. The van der Waals surface area contributed by atoms with E-state index in [1.807, 2.05) is 6.20 Å². The summed E-state index contributed by atoms with van der Waals surface area (Å²) in [4.78, 5) is 0. The third-order valence-corrected chi connectivity index (χ3v) is 4.56. The standard InChI is InChI=1S/C15H26BrN3O/c1-4-7-17-13(15-11(3)6-9-20-15)14-12(16)10-18-19(14)8-5-2/h10-11,13,15,17H,4-9H2,1-3H3. The van der Waals surface area contributed by atoms with Crippen LogP contribution in [-0.2, 0) is 11.3 Å². The predicted octanol–water partition coefficient (Wildman–Crippen LogP) is 3.52. The fraction of sp³-hybridized carbons (Fsp3) is 0.800. The van der Waals surface area contributed by atoms with Gasteiger partial charge in [0, 0.05) is 13.2 Å². The summed E-state index contributed by atoms with van der Waals surface area (Å²) in [6, 6.07) is 0.218. The first-order valence-corrected chi connectivity index (χ1v) is 8.54. The fourth-order valence-corrected chi connectivity index (χ4v) is 3.43. The number of aromatic nitrogens is 2. The van der Waals surface area contributed by atoms with E-state index >= 15 is 0 Å². The van der Waals surface area contributed by atoms with Crippen LogP contribution in [0.5, 0.6) is 0 Å². The Bertz CT molecular complexity index is 421. The number of hydrogen-bond acceptors (Lipinski definition) is 3. The van der Waals surface area contributed by atoms with Crippen LogP contribution in [0.25, 0.3) is 0 Å². The molecule has 5 heteroatoms. The molecule has 1 N–H and O–H groups in total. The maximum atomic E-state index is 6.01. The third kappa shape index (κ3) is 3.43. The van der Waals surface area contributed by atoms with Crippen molar-refractivity contribution in [2.24, 2.45) is 5.92 Å². The molecule has 4 nitrogen and oxygen atoms in total. The molecule has 1 fully saturated rings. The highest BCUT2D eigenvalue weighted by Gasteiger charge is 2.35. The van der Waals surface area contributed by atoms with Gasteiger partial charge >= 0.3 is 0 Å². The molecule has 0 saturated carbocycles. The zero-order valence-corrected chi connectivity index (χ0v) is 14.3. The van der Waals surface area contributed by atoms with Crippen LogP contribution in [0.2, 0.25) is 0 Å². The lowest BCUT2D eigenvalue weighted by atomic mass is 9.95. The lowest BCUT2D eigenvalue weighted by Gasteiger charge is -2.28. The van der Waals surface area contributed by atoms with Gasteiger partial charge in [-0.1, -0.05) is 20.8 Å². The Morgan fingerprint density at radius 2 is 2.30 bits per heavy atom. The Kier molecular flexibility index (Phi) is 6.05. The molecule has 3 unspecified atom stereocenters. The average Bonchev–Trinajstić information content (AvgIpc) is 3.00. The van der Waals surface area contributed by atoms with E-state index in [2.05, 4.69) is 51.8 Å². The summed E-state index contributed by atoms with van der Waals surface area (Å²) < 4.78 is 9.21. The Morgan fingerprint density at radius 1 is 1.50 bits per heavy atom. The minimum absolute atomic E-state index is 0.218. The molecule has 0 bridgehead atoms. The highest BCUT2D eigenvalue weighted by molar-refractivity contribution is 9.10. The average molecular weight is 344 g/mol. The Balaban J connectivity index is 2.27. The minimum atomic E-state index is 0.218. The molecule has 114 valence electrons. The monoisotopic (exact) mass is 343 g/mol. The van der Waals surface area contributed by atoms with Gasteiger partial charge in [-0.3, -0.25) is 4.68 Å². The van der Waals surface area contributed by atoms with E-state index in [1.165, 1.54) is 5.69 Å². The summed E-state index contributed by atoms with van der Waals surface area (Å²) in [5.41, 5.74) is 1.24. The molecule has 2 heterocycles. The van der Waals surface area contributed by atoms with Crippen LogP contribution < -0.4 is 5.32 Å². The van der Waals surface area contributed by atoms with E-state index in [4.69, 9.17) is 4.74 Å². The topological polar surface area (TPSA) is 39.1 Å². The number of nitrogens with one attached hydrogen (secondary N) is 1. The van der Waals surface area contributed by atoms with E-state index in [9.17, 15) is 0 Å². The Hall–Kier alpha value is -0.390. The van der Waals surface area contributed by atoms with E-state index in [1.54, 1.807) is 0 Å². The maximum absolute atomic E-state index is 6.01. The van der Waals surface area contributed by atoms with Gasteiger partial charge in [-0.2, -0.15) is 5.10 Å². The molecule has 1 aromatic heterocycles. The first-order chi connectivity index (χ1) is 9.69. The zero-order chi connectivity index (χ0) is 14.5. The first-order valence-electron chi connectivity index (χ1n) is 7.75. The van der Waals surface area contributed by atoms with Crippen molar-refractivity contribution in [2.45, 2.75) is 58.7 Å². The van der Waals surface area contributed by atoms with Crippen LogP contribution in [0.3, 0.4) is 0 Å². The molecule has 1 aliphatic heterocycles. The van der Waals surface area contributed by atoms with Crippen LogP contribution >= 0.6 is 15.9 Å². The van der Waals surface area contributed by atoms with E-state index < -0.39 is 0 Å². The second kappa shape index (κ2) is 7.57. The second-order valence-corrected chi connectivity index (χ2v) is 6.49. The highest BCUT2D eigenvalue weighted by atomic mass is 79.9. The fourth-order valence-electron chi connectivity index (χ4n) is 2.88. The van der Waals surface area contributed by atoms with Crippen LogP contribution in [0.4, 0.5) is 0 Å². The Morgan fingerprint density at radius 3 is 2.90 bits per heavy atom.